The number of halogens is 1. The van der Waals surface area contributed by atoms with Crippen molar-refractivity contribution >= 4 is 40.3 Å². The quantitative estimate of drug-likeness (QED) is 0.155. The van der Waals surface area contributed by atoms with E-state index < -0.39 is 5.41 Å². The molecule has 1 heterocycles. The Morgan fingerprint density at radius 2 is 1.27 bits per heavy atom. The van der Waals surface area contributed by atoms with Crippen molar-refractivity contribution in [3.63, 3.8) is 0 Å². The van der Waals surface area contributed by atoms with Gasteiger partial charge in [0.15, 0.2) is 0 Å². The number of benzene rings is 4. The summed E-state index contributed by atoms with van der Waals surface area (Å²) in [7, 11) is 0. The van der Waals surface area contributed by atoms with Crippen molar-refractivity contribution in [3.05, 3.63) is 131 Å². The maximum Gasteiger partial charge on any atom is 0.317 e. The van der Waals surface area contributed by atoms with E-state index in [0.717, 1.165) is 27.7 Å². The smallest absolute Gasteiger partial charge is 0.317 e. The van der Waals surface area contributed by atoms with Gasteiger partial charge in [0, 0.05) is 5.88 Å². The lowest BCUT2D eigenvalue weighted by Gasteiger charge is -2.32. The Morgan fingerprint density at radius 3 is 1.76 bits per heavy atom. The number of aromatic nitrogens is 2. The Bertz CT molecular complexity index is 1350. The van der Waals surface area contributed by atoms with Crippen LogP contribution in [0.1, 0.15) is 29.2 Å². The van der Waals surface area contributed by atoms with Crippen molar-refractivity contribution < 1.29 is 9.53 Å². The van der Waals surface area contributed by atoms with Crippen LogP contribution in [0.15, 0.2) is 109 Å². The van der Waals surface area contributed by atoms with Crippen LogP contribution >= 0.6 is 23.3 Å². The standard InChI is InChI=1S/C24H22N2O2S.C7H7Cl/c1-2-28-23(27)24(16-18-9-5-3-6-10-18,17-19-11-7-4-8-12-19)20-13-14-21-22(15-20)26-29-25-21;8-6-7-4-2-1-3-5-7/h3-15H,2,16-17H2,1H3;1-5H,6H2. The van der Waals surface area contributed by atoms with Crippen LogP contribution in [0.2, 0.25) is 0 Å². The number of rotatable bonds is 8. The van der Waals surface area contributed by atoms with Crippen LogP contribution in [0.25, 0.3) is 11.0 Å². The van der Waals surface area contributed by atoms with Crippen LogP contribution < -0.4 is 0 Å². The van der Waals surface area contributed by atoms with Gasteiger partial charge < -0.3 is 4.74 Å². The predicted octanol–water partition coefficient (Wildman–Crippen LogP) is 7.40. The third kappa shape index (κ3) is 6.82. The largest absolute Gasteiger partial charge is 0.465 e. The zero-order chi connectivity index (χ0) is 25.9. The molecule has 0 N–H and O–H groups in total. The van der Waals surface area contributed by atoms with Gasteiger partial charge in [0.2, 0.25) is 0 Å². The molecule has 0 aliphatic rings. The highest BCUT2D eigenvalue weighted by Gasteiger charge is 2.42. The number of hydrogen-bond donors (Lipinski definition) is 0. The maximum absolute atomic E-state index is 13.5. The van der Waals surface area contributed by atoms with Crippen LogP contribution in [0.3, 0.4) is 0 Å². The summed E-state index contributed by atoms with van der Waals surface area (Å²) in [6.07, 6.45) is 1.09. The molecule has 0 spiro atoms. The molecule has 0 unspecified atom stereocenters. The summed E-state index contributed by atoms with van der Waals surface area (Å²) < 4.78 is 14.3. The third-order valence-electron chi connectivity index (χ3n) is 6.17. The Kier molecular flexibility index (Phi) is 9.41. The van der Waals surface area contributed by atoms with E-state index >= 15 is 0 Å². The number of ether oxygens (including phenoxy) is 1. The van der Waals surface area contributed by atoms with Gasteiger partial charge in [0.25, 0.3) is 0 Å². The lowest BCUT2D eigenvalue weighted by atomic mass is 9.71. The van der Waals surface area contributed by atoms with Gasteiger partial charge in [-0.2, -0.15) is 8.75 Å². The Morgan fingerprint density at radius 1 is 0.757 bits per heavy atom. The van der Waals surface area contributed by atoms with Crippen LogP contribution in [-0.4, -0.2) is 21.3 Å². The summed E-state index contributed by atoms with van der Waals surface area (Å²) in [6, 6.07) is 36.1. The van der Waals surface area contributed by atoms with Gasteiger partial charge in [0.1, 0.15) is 16.4 Å². The van der Waals surface area contributed by atoms with Crippen molar-refractivity contribution in [2.24, 2.45) is 0 Å². The first kappa shape index (κ1) is 26.5. The molecule has 0 atom stereocenters. The molecule has 4 nitrogen and oxygen atoms in total. The second kappa shape index (κ2) is 13.1. The average Bonchev–Trinajstić information content (AvgIpc) is 3.43. The lowest BCUT2D eigenvalue weighted by Crippen LogP contribution is -2.42. The van der Waals surface area contributed by atoms with Crippen LogP contribution in [0.4, 0.5) is 0 Å². The van der Waals surface area contributed by atoms with Gasteiger partial charge in [-0.05, 0) is 54.2 Å². The first-order valence-corrected chi connectivity index (χ1v) is 13.5. The molecule has 0 aliphatic heterocycles. The van der Waals surface area contributed by atoms with Crippen molar-refractivity contribution in [1.29, 1.82) is 0 Å². The second-order valence-electron chi connectivity index (χ2n) is 8.71. The molecule has 4 aromatic carbocycles. The Balaban J connectivity index is 0.000000342. The van der Waals surface area contributed by atoms with E-state index in [-0.39, 0.29) is 5.97 Å². The van der Waals surface area contributed by atoms with Gasteiger partial charge in [-0.1, -0.05) is 97.1 Å². The average molecular weight is 529 g/mol. The third-order valence-corrected chi connectivity index (χ3v) is 7.03. The molecule has 0 saturated carbocycles. The fourth-order valence-corrected chi connectivity index (χ4v) is 5.03. The number of alkyl halides is 1. The monoisotopic (exact) mass is 528 g/mol. The highest BCUT2D eigenvalue weighted by Crippen LogP contribution is 2.36. The summed E-state index contributed by atoms with van der Waals surface area (Å²) in [4.78, 5) is 13.5. The molecule has 0 radical (unpaired) electrons. The molecule has 0 amide bonds. The first-order chi connectivity index (χ1) is 18.1. The molecule has 188 valence electrons. The fourth-order valence-electron chi connectivity index (χ4n) is 4.33. The summed E-state index contributed by atoms with van der Waals surface area (Å²) >= 11 is 6.71. The lowest BCUT2D eigenvalue weighted by molar-refractivity contribution is -0.150. The summed E-state index contributed by atoms with van der Waals surface area (Å²) in [5.74, 6) is 0.399. The number of carbonyl (C=O) groups excluding carboxylic acids is 1. The number of hydrogen-bond acceptors (Lipinski definition) is 5. The zero-order valence-corrected chi connectivity index (χ0v) is 22.3. The van der Waals surface area contributed by atoms with E-state index in [9.17, 15) is 4.79 Å². The highest BCUT2D eigenvalue weighted by atomic mass is 35.5. The van der Waals surface area contributed by atoms with Crippen molar-refractivity contribution in [2.75, 3.05) is 6.61 Å². The number of carbonyl (C=O) groups is 1. The van der Waals surface area contributed by atoms with Crippen LogP contribution in [0.5, 0.6) is 0 Å². The number of nitrogens with zero attached hydrogens (tertiary/aromatic N) is 2. The minimum absolute atomic E-state index is 0.213. The summed E-state index contributed by atoms with van der Waals surface area (Å²) in [5, 5.41) is 0. The molecule has 37 heavy (non-hydrogen) atoms. The molecule has 6 heteroatoms. The molecule has 5 rings (SSSR count). The normalized spacial score (nSPS) is 11.0. The van der Waals surface area contributed by atoms with Gasteiger partial charge in [-0.25, -0.2) is 0 Å². The molecule has 0 aliphatic carbocycles. The molecule has 5 aromatic rings. The van der Waals surface area contributed by atoms with E-state index in [1.54, 1.807) is 0 Å². The summed E-state index contributed by atoms with van der Waals surface area (Å²) in [5.41, 5.74) is 5.06. The van der Waals surface area contributed by atoms with E-state index in [4.69, 9.17) is 16.3 Å². The van der Waals surface area contributed by atoms with E-state index in [0.29, 0.717) is 25.3 Å². The van der Waals surface area contributed by atoms with Crippen LogP contribution in [0, 0.1) is 0 Å². The zero-order valence-electron chi connectivity index (χ0n) is 20.7. The van der Waals surface area contributed by atoms with Gasteiger partial charge in [-0.3, -0.25) is 4.79 Å². The van der Waals surface area contributed by atoms with Crippen molar-refractivity contribution in [3.8, 4) is 0 Å². The first-order valence-electron chi connectivity index (χ1n) is 12.2. The summed E-state index contributed by atoms with van der Waals surface area (Å²) in [6.45, 7) is 2.19. The number of fused-ring (bicyclic) bond motifs is 1. The van der Waals surface area contributed by atoms with E-state index in [2.05, 4.69) is 33.0 Å². The minimum atomic E-state index is -0.851. The molecule has 0 fully saturated rings. The molecule has 0 saturated heterocycles. The highest BCUT2D eigenvalue weighted by molar-refractivity contribution is 7.00. The fraction of sp³-hybridized carbons (Fsp3) is 0.194. The van der Waals surface area contributed by atoms with Crippen LogP contribution in [-0.2, 0) is 33.7 Å². The van der Waals surface area contributed by atoms with Crippen molar-refractivity contribution in [2.45, 2.75) is 31.1 Å². The second-order valence-corrected chi connectivity index (χ2v) is 9.51. The van der Waals surface area contributed by atoms with Crippen molar-refractivity contribution in [1.82, 2.24) is 8.75 Å². The molecule has 0 bridgehead atoms. The maximum atomic E-state index is 13.5. The molecule has 1 aromatic heterocycles. The topological polar surface area (TPSA) is 52.1 Å². The van der Waals surface area contributed by atoms with E-state index in [1.807, 2.05) is 91.9 Å². The minimum Gasteiger partial charge on any atom is -0.465 e. The Hall–Kier alpha value is -3.54. The van der Waals surface area contributed by atoms with Gasteiger partial charge in [-0.15, -0.1) is 11.6 Å². The van der Waals surface area contributed by atoms with Gasteiger partial charge in [0.05, 0.1) is 18.3 Å². The predicted molar refractivity (Wildman–Crippen MR) is 152 cm³/mol. The number of esters is 1. The SMILES string of the molecule is CCOC(=O)C(Cc1ccccc1)(Cc1ccccc1)c1ccc2nsnc2c1.ClCc1ccccc1. The van der Waals surface area contributed by atoms with E-state index in [1.165, 1.54) is 17.3 Å². The molecular formula is C31H29ClN2O2S. The van der Waals surface area contributed by atoms with Gasteiger partial charge >= 0.3 is 5.97 Å². The Labute approximate surface area is 227 Å². The molecular weight excluding hydrogens is 500 g/mol.